The molecule has 1 aromatic rings. The number of H-pyrrole nitrogens is 1. The Morgan fingerprint density at radius 3 is 2.84 bits per heavy atom. The lowest BCUT2D eigenvalue weighted by Gasteiger charge is -2.27. The predicted molar refractivity (Wildman–Crippen MR) is 91.9 cm³/mol. The number of aromatic nitrogens is 2. The fourth-order valence-corrected chi connectivity index (χ4v) is 4.80. The number of amides is 1. The summed E-state index contributed by atoms with van der Waals surface area (Å²) in [5.74, 6) is 3.04. The van der Waals surface area contributed by atoms with E-state index in [0.29, 0.717) is 29.4 Å². The molecular weight excluding hydrogens is 318 g/mol. The van der Waals surface area contributed by atoms with Gasteiger partial charge in [-0.25, -0.2) is 0 Å². The Labute approximate surface area is 147 Å². The average Bonchev–Trinajstić information content (AvgIpc) is 3.11. The van der Waals surface area contributed by atoms with Crippen molar-refractivity contribution in [2.24, 2.45) is 22.9 Å². The van der Waals surface area contributed by atoms with Gasteiger partial charge in [-0.3, -0.25) is 9.89 Å². The van der Waals surface area contributed by atoms with Gasteiger partial charge in [0, 0.05) is 37.7 Å². The first kappa shape index (κ1) is 15.2. The van der Waals surface area contributed by atoms with Crippen molar-refractivity contribution in [2.75, 3.05) is 19.6 Å². The number of likely N-dealkylation sites (tertiary alicyclic amines) is 1. The standard InChI is InChI=1S/C18H25N5O2/c1-10(2)13-7-14(20-19-13)17(24)22-8-11-12(9-22)15(11)16-21-25-18(3)5-4-6-23(16)18/h7,10-12,15H,4-6,8-9H2,1-3H3,(H,19,20)/t11-,12+,15?,18?. The van der Waals surface area contributed by atoms with Crippen LogP contribution in [0.25, 0.3) is 0 Å². The van der Waals surface area contributed by atoms with Gasteiger partial charge in [0.05, 0.1) is 0 Å². The Hall–Kier alpha value is -2.05. The SMILES string of the molecule is CC(C)c1cc(C(=O)N2C[C@@H]3C(C4=NOC5(C)CCCN45)[C@@H]3C2)n[nH]1. The van der Waals surface area contributed by atoms with E-state index in [2.05, 4.69) is 41.0 Å². The molecule has 2 unspecified atom stereocenters. The zero-order chi connectivity index (χ0) is 17.3. The molecule has 0 bridgehead atoms. The van der Waals surface area contributed by atoms with Crippen molar-refractivity contribution in [2.45, 2.75) is 45.3 Å². The van der Waals surface area contributed by atoms with Crippen molar-refractivity contribution in [3.63, 3.8) is 0 Å². The Bertz CT molecular complexity index is 744. The molecule has 1 aliphatic carbocycles. The molecule has 1 aromatic heterocycles. The molecule has 4 aliphatic rings. The first-order valence-corrected chi connectivity index (χ1v) is 9.36. The lowest BCUT2D eigenvalue weighted by Crippen LogP contribution is -2.43. The van der Waals surface area contributed by atoms with Crippen LogP contribution in [0.3, 0.4) is 0 Å². The number of carbonyl (C=O) groups is 1. The number of piperidine rings is 1. The molecule has 1 N–H and O–H groups in total. The number of fused-ring (bicyclic) bond motifs is 2. The Morgan fingerprint density at radius 2 is 2.16 bits per heavy atom. The molecule has 2 saturated heterocycles. The van der Waals surface area contributed by atoms with E-state index in [1.807, 2.05) is 11.0 Å². The minimum atomic E-state index is -0.218. The molecule has 5 rings (SSSR count). The van der Waals surface area contributed by atoms with Crippen molar-refractivity contribution < 1.29 is 9.63 Å². The summed E-state index contributed by atoms with van der Waals surface area (Å²) in [6.45, 7) is 8.97. The highest BCUT2D eigenvalue weighted by atomic mass is 16.7. The minimum Gasteiger partial charge on any atom is -0.366 e. The number of amidine groups is 1. The summed E-state index contributed by atoms with van der Waals surface area (Å²) in [6.07, 6.45) is 2.21. The summed E-state index contributed by atoms with van der Waals surface area (Å²) in [7, 11) is 0. The maximum atomic E-state index is 12.7. The highest BCUT2D eigenvalue weighted by molar-refractivity contribution is 5.94. The minimum absolute atomic E-state index is 0.0460. The second-order valence-corrected chi connectivity index (χ2v) is 8.40. The maximum Gasteiger partial charge on any atom is 0.274 e. The Balaban J connectivity index is 1.24. The second-order valence-electron chi connectivity index (χ2n) is 8.40. The van der Waals surface area contributed by atoms with Crippen molar-refractivity contribution in [3.05, 3.63) is 17.5 Å². The summed E-state index contributed by atoms with van der Waals surface area (Å²) in [5.41, 5.74) is 1.33. The summed E-state index contributed by atoms with van der Waals surface area (Å²) in [4.78, 5) is 22.7. The third-order valence-corrected chi connectivity index (χ3v) is 6.42. The number of nitrogens with zero attached hydrogens (tertiary/aromatic N) is 4. The molecule has 25 heavy (non-hydrogen) atoms. The summed E-state index contributed by atoms with van der Waals surface area (Å²) in [5, 5.41) is 11.6. The van der Waals surface area contributed by atoms with Gasteiger partial charge in [-0.15, -0.1) is 0 Å². The van der Waals surface area contributed by atoms with Gasteiger partial charge >= 0.3 is 0 Å². The molecule has 4 atom stereocenters. The zero-order valence-corrected chi connectivity index (χ0v) is 15.0. The zero-order valence-electron chi connectivity index (χ0n) is 15.0. The fraction of sp³-hybridized carbons (Fsp3) is 0.722. The number of hydrogen-bond acceptors (Lipinski definition) is 5. The third kappa shape index (κ3) is 2.14. The van der Waals surface area contributed by atoms with Crippen LogP contribution in [0.15, 0.2) is 11.2 Å². The van der Waals surface area contributed by atoms with Crippen LogP contribution in [0.2, 0.25) is 0 Å². The van der Waals surface area contributed by atoms with E-state index in [1.54, 1.807) is 0 Å². The molecule has 7 heteroatoms. The van der Waals surface area contributed by atoms with Gasteiger partial charge in [-0.1, -0.05) is 19.0 Å². The molecular formula is C18H25N5O2. The maximum absolute atomic E-state index is 12.7. The van der Waals surface area contributed by atoms with E-state index >= 15 is 0 Å². The number of carbonyl (C=O) groups excluding carboxylic acids is 1. The van der Waals surface area contributed by atoms with Crippen LogP contribution in [0.4, 0.5) is 0 Å². The number of oxime groups is 1. The average molecular weight is 343 g/mol. The summed E-state index contributed by atoms with van der Waals surface area (Å²) < 4.78 is 0. The highest BCUT2D eigenvalue weighted by Crippen LogP contribution is 2.55. The van der Waals surface area contributed by atoms with Gasteiger partial charge in [0.15, 0.2) is 5.84 Å². The topological polar surface area (TPSA) is 73.8 Å². The summed E-state index contributed by atoms with van der Waals surface area (Å²) in [6, 6.07) is 1.89. The van der Waals surface area contributed by atoms with E-state index in [0.717, 1.165) is 37.6 Å². The summed E-state index contributed by atoms with van der Waals surface area (Å²) >= 11 is 0. The van der Waals surface area contributed by atoms with Crippen LogP contribution in [0, 0.1) is 17.8 Å². The van der Waals surface area contributed by atoms with E-state index in [-0.39, 0.29) is 11.6 Å². The number of aromatic amines is 1. The molecule has 3 fully saturated rings. The van der Waals surface area contributed by atoms with Gasteiger partial charge in [0.25, 0.3) is 5.91 Å². The predicted octanol–water partition coefficient (Wildman–Crippen LogP) is 2.01. The van der Waals surface area contributed by atoms with Crippen LogP contribution < -0.4 is 0 Å². The number of rotatable bonds is 3. The molecule has 0 aromatic carbocycles. The van der Waals surface area contributed by atoms with Crippen LogP contribution in [-0.2, 0) is 4.84 Å². The van der Waals surface area contributed by atoms with Gasteiger partial charge in [-0.05, 0) is 37.2 Å². The molecule has 134 valence electrons. The van der Waals surface area contributed by atoms with Crippen molar-refractivity contribution in [3.8, 4) is 0 Å². The largest absolute Gasteiger partial charge is 0.366 e. The van der Waals surface area contributed by atoms with Crippen molar-refractivity contribution in [1.29, 1.82) is 0 Å². The normalized spacial score (nSPS) is 35.7. The molecule has 4 heterocycles. The smallest absolute Gasteiger partial charge is 0.274 e. The van der Waals surface area contributed by atoms with Gasteiger partial charge in [0.1, 0.15) is 5.69 Å². The Kier molecular flexibility index (Phi) is 3.04. The quantitative estimate of drug-likeness (QED) is 0.911. The molecule has 1 saturated carbocycles. The van der Waals surface area contributed by atoms with E-state index < -0.39 is 0 Å². The lowest BCUT2D eigenvalue weighted by atomic mass is 10.1. The second kappa shape index (κ2) is 4.99. The molecule has 7 nitrogen and oxygen atoms in total. The first-order valence-electron chi connectivity index (χ1n) is 9.36. The van der Waals surface area contributed by atoms with E-state index in [9.17, 15) is 4.79 Å². The third-order valence-electron chi connectivity index (χ3n) is 6.42. The highest BCUT2D eigenvalue weighted by Gasteiger charge is 2.63. The van der Waals surface area contributed by atoms with Crippen molar-refractivity contribution >= 4 is 11.7 Å². The Morgan fingerprint density at radius 1 is 1.40 bits per heavy atom. The van der Waals surface area contributed by atoms with E-state index in [1.165, 1.54) is 6.42 Å². The number of nitrogens with one attached hydrogen (secondary N) is 1. The number of hydrogen-bond donors (Lipinski definition) is 1. The monoisotopic (exact) mass is 343 g/mol. The lowest BCUT2D eigenvalue weighted by molar-refractivity contribution is -0.0627. The van der Waals surface area contributed by atoms with Crippen LogP contribution in [0.5, 0.6) is 0 Å². The first-order chi connectivity index (χ1) is 12.0. The molecule has 1 amide bonds. The van der Waals surface area contributed by atoms with Gasteiger partial charge in [-0.2, -0.15) is 5.10 Å². The molecule has 0 spiro atoms. The van der Waals surface area contributed by atoms with Crippen LogP contribution in [-0.4, -0.2) is 57.1 Å². The molecule has 3 aliphatic heterocycles. The van der Waals surface area contributed by atoms with Gasteiger partial charge < -0.3 is 14.6 Å². The van der Waals surface area contributed by atoms with Crippen LogP contribution in [0.1, 0.15) is 55.7 Å². The van der Waals surface area contributed by atoms with E-state index in [4.69, 9.17) is 4.84 Å². The van der Waals surface area contributed by atoms with Crippen LogP contribution >= 0.6 is 0 Å². The fourth-order valence-electron chi connectivity index (χ4n) is 4.80. The van der Waals surface area contributed by atoms with Gasteiger partial charge in [0.2, 0.25) is 5.72 Å². The van der Waals surface area contributed by atoms with Crippen molar-refractivity contribution in [1.82, 2.24) is 20.0 Å². The molecule has 0 radical (unpaired) electrons.